The van der Waals surface area contributed by atoms with Gasteiger partial charge in [-0.25, -0.2) is 9.78 Å². The van der Waals surface area contributed by atoms with Crippen LogP contribution in [0.1, 0.15) is 37.5 Å². The van der Waals surface area contributed by atoms with Gasteiger partial charge in [0.1, 0.15) is 24.1 Å². The Hall–Kier alpha value is -1.68. The monoisotopic (exact) mass is 327 g/mol. The first-order valence-corrected chi connectivity index (χ1v) is 7.49. The number of nitrogens with zero attached hydrogens (tertiary/aromatic N) is 2. The standard InChI is InChI=1S/C14H21N3O6/c1-4-20-13(19)8-11(15)17(6-16-8)12-10-9(7(5-18)21-12)22-14(2,3)23-10/h6-7,9-10,12,18H,4-5,15H2,1-3H3/t7-,9+,10+,12-/m1/s1. The second-order valence-corrected chi connectivity index (χ2v) is 5.92. The molecule has 3 N–H and O–H groups in total. The van der Waals surface area contributed by atoms with Gasteiger partial charge in [-0.1, -0.05) is 0 Å². The molecule has 9 nitrogen and oxygen atoms in total. The molecular formula is C14H21N3O6. The third kappa shape index (κ3) is 2.69. The van der Waals surface area contributed by atoms with E-state index in [1.54, 1.807) is 20.8 Å². The molecule has 0 saturated carbocycles. The molecule has 0 unspecified atom stereocenters. The van der Waals surface area contributed by atoms with Gasteiger partial charge in [0.2, 0.25) is 0 Å². The minimum absolute atomic E-state index is 0.0256. The van der Waals surface area contributed by atoms with E-state index < -0.39 is 36.3 Å². The summed E-state index contributed by atoms with van der Waals surface area (Å²) in [5.74, 6) is -1.26. The zero-order valence-corrected chi connectivity index (χ0v) is 13.3. The molecule has 2 saturated heterocycles. The molecule has 0 bridgehead atoms. The van der Waals surface area contributed by atoms with Crippen LogP contribution in [0.2, 0.25) is 0 Å². The Morgan fingerprint density at radius 3 is 2.83 bits per heavy atom. The number of fused-ring (bicyclic) bond motifs is 1. The summed E-state index contributed by atoms with van der Waals surface area (Å²) in [6.45, 7) is 5.30. The number of anilines is 1. The number of imidazole rings is 1. The fourth-order valence-electron chi connectivity index (χ4n) is 2.96. The number of nitrogens with two attached hydrogens (primary N) is 1. The van der Waals surface area contributed by atoms with Gasteiger partial charge in [0.25, 0.3) is 0 Å². The van der Waals surface area contributed by atoms with Crippen LogP contribution in [0.4, 0.5) is 5.82 Å². The summed E-state index contributed by atoms with van der Waals surface area (Å²) in [5.41, 5.74) is 6.04. The zero-order valence-electron chi connectivity index (χ0n) is 13.3. The van der Waals surface area contributed by atoms with Gasteiger partial charge >= 0.3 is 5.97 Å². The predicted molar refractivity (Wildman–Crippen MR) is 77.4 cm³/mol. The van der Waals surface area contributed by atoms with Crippen LogP contribution in [0.5, 0.6) is 0 Å². The molecule has 23 heavy (non-hydrogen) atoms. The number of hydrogen-bond acceptors (Lipinski definition) is 8. The number of rotatable bonds is 4. The molecular weight excluding hydrogens is 306 g/mol. The van der Waals surface area contributed by atoms with Crippen LogP contribution in [0.25, 0.3) is 0 Å². The quantitative estimate of drug-likeness (QED) is 0.745. The summed E-state index contributed by atoms with van der Waals surface area (Å²) >= 11 is 0. The molecule has 1 aromatic rings. The van der Waals surface area contributed by atoms with Gasteiger partial charge in [0, 0.05) is 0 Å². The molecule has 2 aliphatic rings. The number of esters is 1. The van der Waals surface area contributed by atoms with Crippen molar-refractivity contribution in [2.24, 2.45) is 0 Å². The van der Waals surface area contributed by atoms with Gasteiger partial charge in [-0.2, -0.15) is 0 Å². The van der Waals surface area contributed by atoms with Crippen LogP contribution in [-0.4, -0.2) is 57.9 Å². The molecule has 128 valence electrons. The topological polar surface area (TPSA) is 118 Å². The van der Waals surface area contributed by atoms with Crippen LogP contribution in [-0.2, 0) is 18.9 Å². The lowest BCUT2D eigenvalue weighted by atomic mass is 10.1. The lowest BCUT2D eigenvalue weighted by Crippen LogP contribution is -2.31. The number of aromatic nitrogens is 2. The predicted octanol–water partition coefficient (Wildman–Crippen LogP) is 0.0518. The van der Waals surface area contributed by atoms with Crippen LogP contribution >= 0.6 is 0 Å². The third-order valence-corrected chi connectivity index (χ3v) is 3.88. The number of nitrogen functional groups attached to an aromatic ring is 1. The van der Waals surface area contributed by atoms with E-state index in [2.05, 4.69) is 4.98 Å². The Morgan fingerprint density at radius 2 is 2.17 bits per heavy atom. The highest BCUT2D eigenvalue weighted by Crippen LogP contribution is 2.43. The number of aliphatic hydroxyl groups is 1. The summed E-state index contributed by atoms with van der Waals surface area (Å²) in [7, 11) is 0. The van der Waals surface area contributed by atoms with Gasteiger partial charge in [0.15, 0.2) is 17.7 Å². The number of aliphatic hydroxyl groups excluding tert-OH is 1. The molecule has 2 fully saturated rings. The highest BCUT2D eigenvalue weighted by molar-refractivity contribution is 5.92. The van der Waals surface area contributed by atoms with Crippen molar-refractivity contribution in [2.75, 3.05) is 18.9 Å². The fraction of sp³-hybridized carbons (Fsp3) is 0.714. The van der Waals surface area contributed by atoms with Gasteiger partial charge in [0.05, 0.1) is 19.5 Å². The number of carbonyl (C=O) groups excluding carboxylic acids is 1. The van der Waals surface area contributed by atoms with E-state index in [9.17, 15) is 9.90 Å². The van der Waals surface area contributed by atoms with Crippen molar-refractivity contribution in [1.29, 1.82) is 0 Å². The molecule has 9 heteroatoms. The highest BCUT2D eigenvalue weighted by Gasteiger charge is 2.56. The maximum absolute atomic E-state index is 11.8. The average molecular weight is 327 g/mol. The molecule has 0 spiro atoms. The van der Waals surface area contributed by atoms with Gasteiger partial charge < -0.3 is 29.8 Å². The van der Waals surface area contributed by atoms with Crippen molar-refractivity contribution in [2.45, 2.75) is 51.1 Å². The Balaban J connectivity index is 1.89. The van der Waals surface area contributed by atoms with Crippen molar-refractivity contribution in [3.63, 3.8) is 0 Å². The zero-order chi connectivity index (χ0) is 16.8. The summed E-state index contributed by atoms with van der Waals surface area (Å²) in [5, 5.41) is 9.49. The smallest absolute Gasteiger partial charge is 0.360 e. The molecule has 3 heterocycles. The molecule has 0 amide bonds. The maximum atomic E-state index is 11.8. The minimum atomic E-state index is -0.788. The van der Waals surface area contributed by atoms with Gasteiger partial charge in [-0.15, -0.1) is 0 Å². The third-order valence-electron chi connectivity index (χ3n) is 3.88. The van der Waals surface area contributed by atoms with E-state index in [1.807, 2.05) is 0 Å². The number of ether oxygens (including phenoxy) is 4. The van der Waals surface area contributed by atoms with Crippen LogP contribution in [0.3, 0.4) is 0 Å². The van der Waals surface area contributed by atoms with E-state index >= 15 is 0 Å². The Kier molecular flexibility index (Phi) is 4.05. The fourth-order valence-corrected chi connectivity index (χ4v) is 2.96. The first-order valence-electron chi connectivity index (χ1n) is 7.49. The minimum Gasteiger partial charge on any atom is -0.461 e. The molecule has 0 aromatic carbocycles. The van der Waals surface area contributed by atoms with Gasteiger partial charge in [-0.3, -0.25) is 4.57 Å². The van der Waals surface area contributed by atoms with Crippen molar-refractivity contribution in [3.05, 3.63) is 12.0 Å². The van der Waals surface area contributed by atoms with Gasteiger partial charge in [-0.05, 0) is 20.8 Å². The number of carbonyl (C=O) groups is 1. The molecule has 3 rings (SSSR count). The SMILES string of the molecule is CCOC(=O)c1ncn([C@@H]2O[C@H](CO)[C@@H]3OC(C)(C)O[C@@H]32)c1N. The summed E-state index contributed by atoms with van der Waals surface area (Å²) in [6.07, 6.45) is -0.673. The van der Waals surface area contributed by atoms with Crippen molar-refractivity contribution >= 4 is 11.8 Å². The Morgan fingerprint density at radius 1 is 1.48 bits per heavy atom. The van der Waals surface area contributed by atoms with E-state index in [4.69, 9.17) is 24.7 Å². The second-order valence-electron chi connectivity index (χ2n) is 5.92. The summed E-state index contributed by atoms with van der Waals surface area (Å²) in [6, 6.07) is 0. The molecule has 1 aromatic heterocycles. The van der Waals surface area contributed by atoms with Crippen LogP contribution < -0.4 is 5.73 Å². The van der Waals surface area contributed by atoms with E-state index in [1.165, 1.54) is 10.9 Å². The van der Waals surface area contributed by atoms with E-state index in [0.29, 0.717) is 0 Å². The Labute approximate surface area is 133 Å². The molecule has 2 aliphatic heterocycles. The molecule has 4 atom stereocenters. The number of hydrogen-bond donors (Lipinski definition) is 2. The van der Waals surface area contributed by atoms with Crippen molar-refractivity contribution in [3.8, 4) is 0 Å². The van der Waals surface area contributed by atoms with E-state index in [0.717, 1.165) is 0 Å². The molecule has 0 radical (unpaired) electrons. The van der Waals surface area contributed by atoms with Crippen molar-refractivity contribution < 1.29 is 28.8 Å². The van der Waals surface area contributed by atoms with Crippen molar-refractivity contribution in [1.82, 2.24) is 9.55 Å². The first kappa shape index (κ1) is 16.2. The lowest BCUT2D eigenvalue weighted by Gasteiger charge is -2.24. The summed E-state index contributed by atoms with van der Waals surface area (Å²) < 4.78 is 23.9. The van der Waals surface area contributed by atoms with Crippen LogP contribution in [0, 0.1) is 0 Å². The second kappa shape index (κ2) is 5.75. The largest absolute Gasteiger partial charge is 0.461 e. The maximum Gasteiger partial charge on any atom is 0.360 e. The average Bonchev–Trinajstić information content (AvgIpc) is 3.10. The first-order chi connectivity index (χ1) is 10.9. The summed E-state index contributed by atoms with van der Waals surface area (Å²) in [4.78, 5) is 15.8. The molecule has 0 aliphatic carbocycles. The normalized spacial score (nSPS) is 32.0. The van der Waals surface area contributed by atoms with Crippen LogP contribution in [0.15, 0.2) is 6.33 Å². The Bertz CT molecular complexity index is 601. The lowest BCUT2D eigenvalue weighted by molar-refractivity contribution is -0.199. The highest BCUT2D eigenvalue weighted by atomic mass is 16.8. The van der Waals surface area contributed by atoms with E-state index in [-0.39, 0.29) is 24.7 Å².